The number of hydrogen-bond acceptors (Lipinski definition) is 7. The van der Waals surface area contributed by atoms with Gasteiger partial charge in [0.25, 0.3) is 0 Å². The molecule has 146 valence electrons. The number of carbonyl (C=O) groups excluding carboxylic acids is 1. The molecule has 27 heavy (non-hydrogen) atoms. The van der Waals surface area contributed by atoms with Gasteiger partial charge in [-0.25, -0.2) is 0 Å². The van der Waals surface area contributed by atoms with Crippen molar-refractivity contribution in [1.82, 2.24) is 19.9 Å². The van der Waals surface area contributed by atoms with Crippen molar-refractivity contribution in [1.29, 1.82) is 0 Å². The molecular weight excluding hydrogens is 348 g/mol. The van der Waals surface area contributed by atoms with Crippen molar-refractivity contribution in [3.05, 3.63) is 24.3 Å². The Labute approximate surface area is 158 Å². The van der Waals surface area contributed by atoms with Gasteiger partial charge in [0.05, 0.1) is 12.4 Å². The fourth-order valence-corrected chi connectivity index (χ4v) is 4.45. The van der Waals surface area contributed by atoms with E-state index < -0.39 is 0 Å². The van der Waals surface area contributed by atoms with Gasteiger partial charge in [0, 0.05) is 39.0 Å². The van der Waals surface area contributed by atoms with E-state index in [0.717, 1.165) is 45.4 Å². The molecule has 8 nitrogen and oxygen atoms in total. The molecular formula is C19H26N4O4. The van der Waals surface area contributed by atoms with Gasteiger partial charge in [-0.05, 0) is 43.9 Å². The minimum absolute atomic E-state index is 0.118. The summed E-state index contributed by atoms with van der Waals surface area (Å²) in [6.45, 7) is 3.25. The molecule has 4 rings (SSSR count). The van der Waals surface area contributed by atoms with Crippen LogP contribution in [0, 0.1) is 5.41 Å². The van der Waals surface area contributed by atoms with Gasteiger partial charge in [-0.1, -0.05) is 5.16 Å². The monoisotopic (exact) mass is 374 g/mol. The Hall–Kier alpha value is -2.19. The van der Waals surface area contributed by atoms with E-state index in [0.29, 0.717) is 30.3 Å². The number of likely N-dealkylation sites (N-methyl/N-ethyl adjacent to an activating group) is 1. The average Bonchev–Trinajstić information content (AvgIpc) is 3.31. The molecule has 1 amide bonds. The summed E-state index contributed by atoms with van der Waals surface area (Å²) in [5, 5.41) is 14.0. The van der Waals surface area contributed by atoms with Crippen LogP contribution in [0.4, 0.5) is 0 Å². The van der Waals surface area contributed by atoms with Crippen LogP contribution in [0.25, 0.3) is 11.6 Å². The maximum atomic E-state index is 12.6. The molecule has 1 N–H and O–H groups in total. The van der Waals surface area contributed by atoms with E-state index in [1.165, 1.54) is 0 Å². The average molecular weight is 374 g/mol. The van der Waals surface area contributed by atoms with Crippen molar-refractivity contribution >= 4 is 5.91 Å². The normalized spacial score (nSPS) is 23.0. The summed E-state index contributed by atoms with van der Waals surface area (Å²) < 4.78 is 10.5. The third kappa shape index (κ3) is 4.06. The van der Waals surface area contributed by atoms with E-state index in [1.54, 1.807) is 18.4 Å². The van der Waals surface area contributed by atoms with Gasteiger partial charge >= 0.3 is 0 Å². The summed E-state index contributed by atoms with van der Waals surface area (Å²) in [5.74, 6) is 1.52. The highest BCUT2D eigenvalue weighted by Gasteiger charge is 2.41. The minimum atomic E-state index is -0.258. The van der Waals surface area contributed by atoms with E-state index in [1.807, 2.05) is 4.90 Å². The topological polar surface area (TPSA) is 95.8 Å². The van der Waals surface area contributed by atoms with Gasteiger partial charge < -0.3 is 23.8 Å². The Morgan fingerprint density at radius 2 is 2.22 bits per heavy atom. The number of furan rings is 1. The molecule has 2 aromatic heterocycles. The number of β-amino-alcohol motifs (C(OH)–C–C–N with tert-alkyl or cyclic N) is 1. The molecule has 1 spiro atoms. The number of aliphatic hydroxyl groups is 1. The van der Waals surface area contributed by atoms with Crippen LogP contribution >= 0.6 is 0 Å². The number of aromatic nitrogens is 2. The molecule has 2 fully saturated rings. The van der Waals surface area contributed by atoms with Crippen molar-refractivity contribution in [2.24, 2.45) is 5.41 Å². The zero-order chi connectivity index (χ0) is 18.9. The summed E-state index contributed by atoms with van der Waals surface area (Å²) in [6.07, 6.45) is 4.82. The zero-order valence-electron chi connectivity index (χ0n) is 15.6. The second-order valence-corrected chi connectivity index (χ2v) is 7.92. The first-order chi connectivity index (χ1) is 13.0. The lowest BCUT2D eigenvalue weighted by Crippen LogP contribution is -2.53. The van der Waals surface area contributed by atoms with Gasteiger partial charge in [-0.15, -0.1) is 0 Å². The van der Waals surface area contributed by atoms with Gasteiger partial charge in [-0.2, -0.15) is 4.98 Å². The van der Waals surface area contributed by atoms with Crippen LogP contribution in [-0.2, 0) is 11.2 Å². The molecule has 1 atom stereocenters. The van der Waals surface area contributed by atoms with Crippen molar-refractivity contribution < 1.29 is 18.8 Å². The highest BCUT2D eigenvalue weighted by Crippen LogP contribution is 2.39. The standard InChI is InChI=1S/C19H26N4O4/c1-22-12-14(24)11-19(13-22)6-8-23(9-7-19)17(25)5-4-16-20-18(21-27-16)15-3-2-10-26-15/h2-3,10,14,24H,4-9,11-13H2,1H3. The van der Waals surface area contributed by atoms with Crippen LogP contribution in [0.1, 0.15) is 31.6 Å². The van der Waals surface area contributed by atoms with Gasteiger partial charge in [0.1, 0.15) is 0 Å². The van der Waals surface area contributed by atoms with Crippen molar-refractivity contribution in [2.45, 2.75) is 38.2 Å². The lowest BCUT2D eigenvalue weighted by Gasteiger charge is -2.48. The van der Waals surface area contributed by atoms with E-state index >= 15 is 0 Å². The lowest BCUT2D eigenvalue weighted by molar-refractivity contribution is -0.134. The summed E-state index contributed by atoms with van der Waals surface area (Å²) in [5.41, 5.74) is 0.146. The molecule has 2 aliphatic heterocycles. The largest absolute Gasteiger partial charge is 0.461 e. The van der Waals surface area contributed by atoms with E-state index in [4.69, 9.17) is 8.94 Å². The minimum Gasteiger partial charge on any atom is -0.461 e. The Morgan fingerprint density at radius 1 is 1.41 bits per heavy atom. The molecule has 2 aliphatic rings. The van der Waals surface area contributed by atoms with Gasteiger partial charge in [0.2, 0.25) is 17.6 Å². The first kappa shape index (κ1) is 18.2. The summed E-state index contributed by atoms with van der Waals surface area (Å²) >= 11 is 0. The molecule has 8 heteroatoms. The second kappa shape index (κ2) is 7.44. The van der Waals surface area contributed by atoms with E-state index in [-0.39, 0.29) is 17.4 Å². The van der Waals surface area contributed by atoms with Crippen LogP contribution in [-0.4, -0.2) is 70.3 Å². The van der Waals surface area contributed by atoms with Crippen LogP contribution in [0.2, 0.25) is 0 Å². The summed E-state index contributed by atoms with van der Waals surface area (Å²) in [7, 11) is 2.06. The fourth-order valence-electron chi connectivity index (χ4n) is 4.45. The first-order valence-electron chi connectivity index (χ1n) is 9.54. The Balaban J connectivity index is 1.27. The van der Waals surface area contributed by atoms with E-state index in [2.05, 4.69) is 22.1 Å². The molecule has 0 saturated carbocycles. The number of aliphatic hydroxyl groups excluding tert-OH is 1. The van der Waals surface area contributed by atoms with Gasteiger partial charge in [-0.3, -0.25) is 4.79 Å². The maximum Gasteiger partial charge on any atom is 0.238 e. The second-order valence-electron chi connectivity index (χ2n) is 7.92. The Morgan fingerprint density at radius 3 is 2.93 bits per heavy atom. The maximum absolute atomic E-state index is 12.6. The first-order valence-corrected chi connectivity index (χ1v) is 9.54. The molecule has 2 aromatic rings. The zero-order valence-corrected chi connectivity index (χ0v) is 15.6. The molecule has 4 heterocycles. The molecule has 0 bridgehead atoms. The molecule has 1 unspecified atom stereocenters. The number of hydrogen-bond donors (Lipinski definition) is 1. The van der Waals surface area contributed by atoms with Crippen LogP contribution < -0.4 is 0 Å². The third-order valence-electron chi connectivity index (χ3n) is 5.74. The summed E-state index contributed by atoms with van der Waals surface area (Å²) in [6, 6.07) is 3.53. The van der Waals surface area contributed by atoms with Crippen LogP contribution in [0.5, 0.6) is 0 Å². The number of piperidine rings is 2. The third-order valence-corrected chi connectivity index (χ3v) is 5.74. The number of amides is 1. The number of rotatable bonds is 4. The van der Waals surface area contributed by atoms with Gasteiger partial charge in [0.15, 0.2) is 5.76 Å². The number of likely N-dealkylation sites (tertiary alicyclic amines) is 2. The quantitative estimate of drug-likeness (QED) is 0.868. The molecule has 0 radical (unpaired) electrons. The SMILES string of the molecule is CN1CC(O)CC2(CCN(C(=O)CCc3nc(-c4ccco4)no3)CC2)C1. The highest BCUT2D eigenvalue weighted by atomic mass is 16.5. The smallest absolute Gasteiger partial charge is 0.238 e. The Kier molecular flexibility index (Phi) is 5.01. The predicted octanol–water partition coefficient (Wildman–Crippen LogP) is 1.57. The molecule has 2 saturated heterocycles. The Bertz CT molecular complexity index is 753. The van der Waals surface area contributed by atoms with Crippen molar-refractivity contribution in [3.8, 4) is 11.6 Å². The van der Waals surface area contributed by atoms with Crippen molar-refractivity contribution in [3.63, 3.8) is 0 Å². The number of nitrogens with zero attached hydrogens (tertiary/aromatic N) is 4. The van der Waals surface area contributed by atoms with Crippen molar-refractivity contribution in [2.75, 3.05) is 33.2 Å². The molecule has 0 aromatic carbocycles. The number of carbonyl (C=O) groups is 1. The van der Waals surface area contributed by atoms with Crippen LogP contribution in [0.15, 0.2) is 27.3 Å². The van der Waals surface area contributed by atoms with E-state index in [9.17, 15) is 9.90 Å². The molecule has 0 aliphatic carbocycles. The van der Waals surface area contributed by atoms with Crippen LogP contribution in [0.3, 0.4) is 0 Å². The fraction of sp³-hybridized carbons (Fsp3) is 0.632. The predicted molar refractivity (Wildman–Crippen MR) is 96.7 cm³/mol. The number of aryl methyl sites for hydroxylation is 1. The summed E-state index contributed by atoms with van der Waals surface area (Å²) in [4.78, 5) is 21.0. The highest BCUT2D eigenvalue weighted by molar-refractivity contribution is 5.76. The lowest BCUT2D eigenvalue weighted by atomic mass is 9.71.